The molecule has 0 radical (unpaired) electrons. The molecule has 1 aliphatic heterocycles. The van der Waals surface area contributed by atoms with Gasteiger partial charge in [-0.25, -0.2) is 0 Å². The number of aliphatic hydroxyl groups is 1. The number of hydrogen-bond donors (Lipinski definition) is 1. The Morgan fingerprint density at radius 2 is 2.05 bits per heavy atom. The monoisotopic (exact) mass is 274 g/mol. The molecule has 1 fully saturated rings. The Kier molecular flexibility index (Phi) is 4.30. The summed E-state index contributed by atoms with van der Waals surface area (Å²) in [7, 11) is 0. The van der Waals surface area contributed by atoms with Crippen LogP contribution in [0.2, 0.25) is 0 Å². The highest BCUT2D eigenvalue weighted by Crippen LogP contribution is 2.32. The Bertz CT molecular complexity index is 447. The predicted molar refractivity (Wildman–Crippen MR) is 81.1 cm³/mol. The van der Waals surface area contributed by atoms with E-state index in [-0.39, 0.29) is 6.10 Å². The summed E-state index contributed by atoms with van der Waals surface area (Å²) >= 11 is 0. The minimum atomic E-state index is -0.119. The maximum absolute atomic E-state index is 10.4. The van der Waals surface area contributed by atoms with Gasteiger partial charge < -0.3 is 9.84 Å². The topological polar surface area (TPSA) is 29.5 Å². The molecule has 0 aromatic heterocycles. The number of fused-ring (bicyclic) bond motifs is 1. The lowest BCUT2D eigenvalue weighted by molar-refractivity contribution is 0.0690. The average molecular weight is 274 g/mol. The summed E-state index contributed by atoms with van der Waals surface area (Å²) < 4.78 is 5.53. The van der Waals surface area contributed by atoms with Crippen LogP contribution in [0.5, 0.6) is 5.75 Å². The summed E-state index contributed by atoms with van der Waals surface area (Å²) in [5, 5.41) is 10.4. The normalized spacial score (nSPS) is 26.9. The van der Waals surface area contributed by atoms with Crippen molar-refractivity contribution in [3.8, 4) is 5.75 Å². The SMILES string of the molecule is CC1CCC(C(O)CCc2ccc3c(c2)CCO3)CC1. The van der Waals surface area contributed by atoms with Crippen molar-refractivity contribution in [1.29, 1.82) is 0 Å². The van der Waals surface area contributed by atoms with E-state index in [1.54, 1.807) is 0 Å². The predicted octanol–water partition coefficient (Wildman–Crippen LogP) is 3.74. The number of ether oxygens (including phenoxy) is 1. The smallest absolute Gasteiger partial charge is 0.122 e. The molecular weight excluding hydrogens is 248 g/mol. The van der Waals surface area contributed by atoms with Crippen molar-refractivity contribution in [3.63, 3.8) is 0 Å². The van der Waals surface area contributed by atoms with Gasteiger partial charge in [-0.15, -0.1) is 0 Å². The van der Waals surface area contributed by atoms with Crippen LogP contribution in [0.4, 0.5) is 0 Å². The van der Waals surface area contributed by atoms with Gasteiger partial charge in [0.15, 0.2) is 0 Å². The fourth-order valence-electron chi connectivity index (χ4n) is 3.62. The Morgan fingerprint density at radius 1 is 1.25 bits per heavy atom. The van der Waals surface area contributed by atoms with Crippen LogP contribution in [0.15, 0.2) is 18.2 Å². The van der Waals surface area contributed by atoms with Gasteiger partial charge in [-0.2, -0.15) is 0 Å². The zero-order valence-electron chi connectivity index (χ0n) is 12.5. The van der Waals surface area contributed by atoms with Gasteiger partial charge in [-0.05, 0) is 54.7 Å². The van der Waals surface area contributed by atoms with Gasteiger partial charge in [0.1, 0.15) is 5.75 Å². The minimum absolute atomic E-state index is 0.119. The van der Waals surface area contributed by atoms with E-state index >= 15 is 0 Å². The fourth-order valence-corrected chi connectivity index (χ4v) is 3.62. The third-order valence-corrected chi connectivity index (χ3v) is 5.09. The van der Waals surface area contributed by atoms with E-state index in [0.717, 1.165) is 37.5 Å². The van der Waals surface area contributed by atoms with Crippen LogP contribution in [0.1, 0.15) is 50.2 Å². The molecule has 1 saturated carbocycles. The lowest BCUT2D eigenvalue weighted by Crippen LogP contribution is -2.25. The maximum Gasteiger partial charge on any atom is 0.122 e. The first-order valence-electron chi connectivity index (χ1n) is 8.15. The molecule has 1 aromatic carbocycles. The van der Waals surface area contributed by atoms with Crippen molar-refractivity contribution in [1.82, 2.24) is 0 Å². The van der Waals surface area contributed by atoms with Crippen LogP contribution in [0, 0.1) is 11.8 Å². The molecule has 0 spiro atoms. The molecule has 110 valence electrons. The van der Waals surface area contributed by atoms with Gasteiger partial charge in [-0.1, -0.05) is 31.9 Å². The van der Waals surface area contributed by atoms with Crippen LogP contribution in [0.3, 0.4) is 0 Å². The van der Waals surface area contributed by atoms with E-state index in [2.05, 4.69) is 25.1 Å². The largest absolute Gasteiger partial charge is 0.493 e. The lowest BCUT2D eigenvalue weighted by Gasteiger charge is -2.29. The van der Waals surface area contributed by atoms with Crippen LogP contribution in [-0.4, -0.2) is 17.8 Å². The first-order valence-corrected chi connectivity index (χ1v) is 8.15. The number of rotatable bonds is 4. The second kappa shape index (κ2) is 6.17. The van der Waals surface area contributed by atoms with E-state index in [0.29, 0.717) is 5.92 Å². The molecule has 2 heteroatoms. The Morgan fingerprint density at radius 3 is 2.85 bits per heavy atom. The molecule has 1 aromatic rings. The van der Waals surface area contributed by atoms with Gasteiger partial charge in [0.25, 0.3) is 0 Å². The Labute approximate surface area is 122 Å². The van der Waals surface area contributed by atoms with Crippen LogP contribution < -0.4 is 4.74 Å². The van der Waals surface area contributed by atoms with E-state index in [9.17, 15) is 5.11 Å². The summed E-state index contributed by atoms with van der Waals surface area (Å²) in [6.07, 6.45) is 7.80. The van der Waals surface area contributed by atoms with Crippen molar-refractivity contribution in [2.24, 2.45) is 11.8 Å². The number of aliphatic hydroxyl groups excluding tert-OH is 1. The van der Waals surface area contributed by atoms with Gasteiger partial charge in [0.2, 0.25) is 0 Å². The molecule has 20 heavy (non-hydrogen) atoms. The average Bonchev–Trinajstić information content (AvgIpc) is 2.93. The van der Waals surface area contributed by atoms with Crippen LogP contribution in [0.25, 0.3) is 0 Å². The van der Waals surface area contributed by atoms with Crippen molar-refractivity contribution in [2.45, 2.75) is 58.0 Å². The van der Waals surface area contributed by atoms with Crippen molar-refractivity contribution in [2.75, 3.05) is 6.61 Å². The van der Waals surface area contributed by atoms with Gasteiger partial charge in [0, 0.05) is 6.42 Å². The summed E-state index contributed by atoms with van der Waals surface area (Å²) in [5.74, 6) is 2.44. The molecule has 1 N–H and O–H groups in total. The molecule has 1 heterocycles. The number of hydrogen-bond acceptors (Lipinski definition) is 2. The molecule has 0 amide bonds. The minimum Gasteiger partial charge on any atom is -0.493 e. The first kappa shape index (κ1) is 13.9. The molecule has 2 aliphatic rings. The zero-order chi connectivity index (χ0) is 13.9. The van der Waals surface area contributed by atoms with Gasteiger partial charge in [0.05, 0.1) is 12.7 Å². The molecule has 2 nitrogen and oxygen atoms in total. The zero-order valence-corrected chi connectivity index (χ0v) is 12.5. The molecule has 1 unspecified atom stereocenters. The maximum atomic E-state index is 10.4. The van der Waals surface area contributed by atoms with Crippen molar-refractivity contribution >= 4 is 0 Å². The second-order valence-corrected chi connectivity index (χ2v) is 6.67. The third kappa shape index (κ3) is 3.17. The first-order chi connectivity index (χ1) is 9.72. The number of benzene rings is 1. The Balaban J connectivity index is 1.51. The van der Waals surface area contributed by atoms with Crippen LogP contribution >= 0.6 is 0 Å². The van der Waals surface area contributed by atoms with E-state index in [4.69, 9.17) is 4.74 Å². The summed E-state index contributed by atoms with van der Waals surface area (Å²) in [5.41, 5.74) is 2.68. The molecule has 1 atom stereocenters. The van der Waals surface area contributed by atoms with Gasteiger partial charge >= 0.3 is 0 Å². The van der Waals surface area contributed by atoms with Gasteiger partial charge in [-0.3, -0.25) is 0 Å². The third-order valence-electron chi connectivity index (χ3n) is 5.09. The van der Waals surface area contributed by atoms with Crippen molar-refractivity contribution < 1.29 is 9.84 Å². The highest BCUT2D eigenvalue weighted by atomic mass is 16.5. The summed E-state index contributed by atoms with van der Waals surface area (Å²) in [6, 6.07) is 6.50. The molecule has 0 saturated heterocycles. The summed E-state index contributed by atoms with van der Waals surface area (Å²) in [6.45, 7) is 3.15. The van der Waals surface area contributed by atoms with Crippen LogP contribution in [-0.2, 0) is 12.8 Å². The fraction of sp³-hybridized carbons (Fsp3) is 0.667. The molecule has 3 rings (SSSR count). The summed E-state index contributed by atoms with van der Waals surface area (Å²) in [4.78, 5) is 0. The standard InChI is InChI=1S/C18H26O2/c1-13-2-6-15(7-3-13)17(19)8-4-14-5-9-18-16(12-14)10-11-20-18/h5,9,12-13,15,17,19H,2-4,6-8,10-11H2,1H3. The Hall–Kier alpha value is -1.02. The van der Waals surface area contributed by atoms with E-state index in [1.165, 1.54) is 36.8 Å². The van der Waals surface area contributed by atoms with E-state index < -0.39 is 0 Å². The lowest BCUT2D eigenvalue weighted by atomic mass is 9.79. The van der Waals surface area contributed by atoms with E-state index in [1.807, 2.05) is 0 Å². The quantitative estimate of drug-likeness (QED) is 0.906. The number of aryl methyl sites for hydroxylation is 1. The second-order valence-electron chi connectivity index (χ2n) is 6.67. The molecule has 0 bridgehead atoms. The van der Waals surface area contributed by atoms with Crippen molar-refractivity contribution in [3.05, 3.63) is 29.3 Å². The molecule has 1 aliphatic carbocycles. The highest BCUT2D eigenvalue weighted by molar-refractivity contribution is 5.39. The highest BCUT2D eigenvalue weighted by Gasteiger charge is 2.24. The molecular formula is C18H26O2.